The minimum Gasteiger partial charge on any atom is -0.497 e. The van der Waals surface area contributed by atoms with Crippen molar-refractivity contribution >= 4 is 38.9 Å². The predicted molar refractivity (Wildman–Crippen MR) is 125 cm³/mol. The third kappa shape index (κ3) is 5.72. The van der Waals surface area contributed by atoms with Crippen LogP contribution in [0.25, 0.3) is 0 Å². The quantitative estimate of drug-likeness (QED) is 0.519. The van der Waals surface area contributed by atoms with E-state index in [0.29, 0.717) is 33.5 Å². The Balaban J connectivity index is 1.67. The maximum absolute atomic E-state index is 12.7. The number of hydrogen-bond donors (Lipinski definition) is 1. The topological polar surface area (TPSA) is 84.9 Å². The van der Waals surface area contributed by atoms with E-state index in [9.17, 15) is 13.2 Å². The summed E-state index contributed by atoms with van der Waals surface area (Å²) in [6.07, 6.45) is 0. The van der Waals surface area contributed by atoms with Crippen LogP contribution in [0.1, 0.15) is 5.56 Å². The predicted octanol–water partition coefficient (Wildman–Crippen LogP) is 4.50. The lowest BCUT2D eigenvalue weighted by atomic mass is 10.2. The molecule has 168 valence electrons. The zero-order valence-corrected chi connectivity index (χ0v) is 19.4. The molecule has 3 aromatic rings. The van der Waals surface area contributed by atoms with Crippen LogP contribution in [0.15, 0.2) is 71.6 Å². The number of carbonyl (C=O) groups excluding carboxylic acids is 1. The lowest BCUT2D eigenvalue weighted by Gasteiger charge is -2.19. The Morgan fingerprint density at radius 1 is 1.06 bits per heavy atom. The maximum Gasteiger partial charge on any atom is 0.264 e. The first-order chi connectivity index (χ1) is 15.2. The molecule has 0 heterocycles. The number of nitrogens with one attached hydrogen (secondary N) is 1. The number of sulfonamides is 1. The van der Waals surface area contributed by atoms with Gasteiger partial charge in [0, 0.05) is 29.5 Å². The number of likely N-dealkylation sites (N-methyl/N-ethyl adjacent to an activating group) is 1. The Bertz CT molecular complexity index is 1210. The van der Waals surface area contributed by atoms with E-state index in [1.165, 1.54) is 23.1 Å². The number of benzene rings is 3. The normalized spacial score (nSPS) is 11.0. The Morgan fingerprint density at radius 2 is 1.78 bits per heavy atom. The van der Waals surface area contributed by atoms with Crippen molar-refractivity contribution in [3.63, 3.8) is 0 Å². The van der Waals surface area contributed by atoms with Gasteiger partial charge < -0.3 is 14.4 Å². The van der Waals surface area contributed by atoms with E-state index in [2.05, 4.69) is 4.72 Å². The van der Waals surface area contributed by atoms with Crippen LogP contribution in [0.4, 0.5) is 11.4 Å². The minimum absolute atomic E-state index is 0.0807. The lowest BCUT2D eigenvalue weighted by Crippen LogP contribution is -2.31. The van der Waals surface area contributed by atoms with E-state index in [1.54, 1.807) is 69.6 Å². The van der Waals surface area contributed by atoms with Crippen LogP contribution in [-0.2, 0) is 14.8 Å². The fourth-order valence-corrected chi connectivity index (χ4v) is 4.15. The second-order valence-corrected chi connectivity index (χ2v) is 9.10. The number of halogens is 1. The lowest BCUT2D eigenvalue weighted by molar-refractivity contribution is -0.120. The smallest absolute Gasteiger partial charge is 0.264 e. The maximum atomic E-state index is 12.7. The Hall–Kier alpha value is -3.23. The number of methoxy groups -OCH3 is 1. The van der Waals surface area contributed by atoms with Gasteiger partial charge in [-0.25, -0.2) is 8.42 Å². The second kappa shape index (κ2) is 9.93. The van der Waals surface area contributed by atoms with Crippen molar-refractivity contribution in [1.82, 2.24) is 0 Å². The monoisotopic (exact) mass is 474 g/mol. The standard InChI is InChI=1S/C23H23ClN2O5S/c1-16-13-21(32(28,29)25-18-9-7-17(24)8-10-18)11-12-22(16)31-15-23(27)26(2)19-5-4-6-20(14-19)30-3/h4-14,25H,15H2,1-3H3. The summed E-state index contributed by atoms with van der Waals surface area (Å²) in [6.45, 7) is 1.51. The first-order valence-corrected chi connectivity index (χ1v) is 11.5. The van der Waals surface area contributed by atoms with Crippen LogP contribution in [-0.4, -0.2) is 35.1 Å². The highest BCUT2D eigenvalue weighted by molar-refractivity contribution is 7.92. The zero-order valence-electron chi connectivity index (χ0n) is 17.8. The molecule has 0 aliphatic carbocycles. The SMILES string of the molecule is COc1cccc(N(C)C(=O)COc2ccc(S(=O)(=O)Nc3ccc(Cl)cc3)cc2C)c1. The summed E-state index contributed by atoms with van der Waals surface area (Å²) in [5, 5.41) is 0.511. The summed E-state index contributed by atoms with van der Waals surface area (Å²) in [5.74, 6) is 0.796. The molecular weight excluding hydrogens is 452 g/mol. The zero-order chi connectivity index (χ0) is 23.3. The average molecular weight is 475 g/mol. The molecule has 3 rings (SSSR count). The van der Waals surface area contributed by atoms with Gasteiger partial charge in [0.15, 0.2) is 6.61 Å². The fraction of sp³-hybridized carbons (Fsp3) is 0.174. The van der Waals surface area contributed by atoms with Gasteiger partial charge in [-0.05, 0) is 67.1 Å². The summed E-state index contributed by atoms with van der Waals surface area (Å²) in [7, 11) is -0.587. The van der Waals surface area contributed by atoms with Crippen molar-refractivity contribution in [1.29, 1.82) is 0 Å². The number of anilines is 2. The molecular formula is C23H23ClN2O5S. The molecule has 1 N–H and O–H groups in total. The van der Waals surface area contributed by atoms with Gasteiger partial charge in [0.1, 0.15) is 11.5 Å². The van der Waals surface area contributed by atoms with Crippen LogP contribution >= 0.6 is 11.6 Å². The highest BCUT2D eigenvalue weighted by atomic mass is 35.5. The Kier molecular flexibility index (Phi) is 7.27. The van der Waals surface area contributed by atoms with Gasteiger partial charge in [0.25, 0.3) is 15.9 Å². The first kappa shape index (κ1) is 23.4. The van der Waals surface area contributed by atoms with E-state index >= 15 is 0 Å². The second-order valence-electron chi connectivity index (χ2n) is 6.98. The highest BCUT2D eigenvalue weighted by Gasteiger charge is 2.17. The van der Waals surface area contributed by atoms with Crippen LogP contribution in [0, 0.1) is 6.92 Å². The number of hydrogen-bond acceptors (Lipinski definition) is 5. The van der Waals surface area contributed by atoms with Gasteiger partial charge >= 0.3 is 0 Å². The van der Waals surface area contributed by atoms with Gasteiger partial charge in [-0.2, -0.15) is 0 Å². The average Bonchev–Trinajstić information content (AvgIpc) is 2.78. The van der Waals surface area contributed by atoms with Gasteiger partial charge in [0.2, 0.25) is 0 Å². The number of amides is 1. The highest BCUT2D eigenvalue weighted by Crippen LogP contribution is 2.25. The van der Waals surface area contributed by atoms with E-state index in [1.807, 2.05) is 0 Å². The summed E-state index contributed by atoms with van der Waals surface area (Å²) >= 11 is 5.83. The molecule has 0 spiro atoms. The molecule has 0 aliphatic rings. The molecule has 0 fully saturated rings. The van der Waals surface area contributed by atoms with Crippen molar-refractivity contribution < 1.29 is 22.7 Å². The summed E-state index contributed by atoms with van der Waals surface area (Å²) in [5.41, 5.74) is 1.66. The summed E-state index contributed by atoms with van der Waals surface area (Å²) in [6, 6.07) is 17.9. The summed E-state index contributed by atoms with van der Waals surface area (Å²) in [4.78, 5) is 14.1. The van der Waals surface area contributed by atoms with E-state index in [-0.39, 0.29) is 17.4 Å². The number of aryl methyl sites for hydroxylation is 1. The van der Waals surface area contributed by atoms with Crippen molar-refractivity contribution in [3.8, 4) is 11.5 Å². The molecule has 0 bridgehead atoms. The molecule has 0 atom stereocenters. The van der Waals surface area contributed by atoms with Gasteiger partial charge in [0.05, 0.1) is 12.0 Å². The molecule has 7 nitrogen and oxygen atoms in total. The van der Waals surface area contributed by atoms with Crippen molar-refractivity contribution in [2.45, 2.75) is 11.8 Å². The largest absolute Gasteiger partial charge is 0.497 e. The Morgan fingerprint density at radius 3 is 2.44 bits per heavy atom. The molecule has 9 heteroatoms. The van der Waals surface area contributed by atoms with Gasteiger partial charge in [-0.3, -0.25) is 9.52 Å². The third-order valence-electron chi connectivity index (χ3n) is 4.72. The van der Waals surface area contributed by atoms with Crippen molar-refractivity contribution in [3.05, 3.63) is 77.3 Å². The molecule has 3 aromatic carbocycles. The summed E-state index contributed by atoms with van der Waals surface area (Å²) < 4.78 is 38.6. The molecule has 32 heavy (non-hydrogen) atoms. The van der Waals surface area contributed by atoms with Crippen LogP contribution < -0.4 is 19.1 Å². The number of rotatable bonds is 8. The van der Waals surface area contributed by atoms with Gasteiger partial charge in [-0.15, -0.1) is 0 Å². The van der Waals surface area contributed by atoms with Crippen LogP contribution in [0.2, 0.25) is 5.02 Å². The fourth-order valence-electron chi connectivity index (χ4n) is 2.88. The minimum atomic E-state index is -3.79. The Labute approximate surface area is 192 Å². The van der Waals surface area contributed by atoms with E-state index < -0.39 is 10.0 Å². The molecule has 1 amide bonds. The van der Waals surface area contributed by atoms with Crippen LogP contribution in [0.3, 0.4) is 0 Å². The van der Waals surface area contributed by atoms with E-state index in [4.69, 9.17) is 21.1 Å². The molecule has 0 aliphatic heterocycles. The number of nitrogens with zero attached hydrogens (tertiary/aromatic N) is 1. The number of carbonyl (C=O) groups is 1. The molecule has 0 radical (unpaired) electrons. The van der Waals surface area contributed by atoms with Crippen LogP contribution in [0.5, 0.6) is 11.5 Å². The van der Waals surface area contributed by atoms with Gasteiger partial charge in [-0.1, -0.05) is 17.7 Å². The first-order valence-electron chi connectivity index (χ1n) is 9.62. The number of ether oxygens (including phenoxy) is 2. The van der Waals surface area contributed by atoms with Crippen molar-refractivity contribution in [2.24, 2.45) is 0 Å². The van der Waals surface area contributed by atoms with E-state index in [0.717, 1.165) is 0 Å². The molecule has 0 unspecified atom stereocenters. The van der Waals surface area contributed by atoms with Crippen molar-refractivity contribution in [2.75, 3.05) is 30.4 Å². The molecule has 0 saturated carbocycles. The molecule has 0 aromatic heterocycles. The molecule has 0 saturated heterocycles. The third-order valence-corrected chi connectivity index (χ3v) is 6.35.